The van der Waals surface area contributed by atoms with Crippen molar-refractivity contribution in [1.29, 1.82) is 0 Å². The van der Waals surface area contributed by atoms with Crippen molar-refractivity contribution in [2.75, 3.05) is 0 Å². The zero-order valence-electron chi connectivity index (χ0n) is 10.1. The van der Waals surface area contributed by atoms with Gasteiger partial charge >= 0.3 is 0 Å². The highest BCUT2D eigenvalue weighted by Gasteiger charge is 2.04. The zero-order valence-corrected chi connectivity index (χ0v) is 10.1. The molecular formula is C15H17N. The van der Waals surface area contributed by atoms with E-state index in [-0.39, 0.29) is 0 Å². The zero-order chi connectivity index (χ0) is 11.5. The highest BCUT2D eigenvalue weighted by molar-refractivity contribution is 5.64. The molecule has 0 unspecified atom stereocenters. The van der Waals surface area contributed by atoms with Gasteiger partial charge in [0.05, 0.1) is 5.69 Å². The number of rotatable bonds is 2. The van der Waals surface area contributed by atoms with E-state index in [1.165, 1.54) is 22.3 Å². The van der Waals surface area contributed by atoms with E-state index >= 15 is 0 Å². The molecule has 0 amide bonds. The summed E-state index contributed by atoms with van der Waals surface area (Å²) in [6.07, 6.45) is 2.97. The summed E-state index contributed by atoms with van der Waals surface area (Å²) in [6, 6.07) is 10.8. The monoisotopic (exact) mass is 211 g/mol. The molecule has 0 saturated heterocycles. The lowest BCUT2D eigenvalue weighted by Crippen LogP contribution is -1.91. The van der Waals surface area contributed by atoms with Crippen LogP contribution in [-0.4, -0.2) is 4.98 Å². The summed E-state index contributed by atoms with van der Waals surface area (Å²) >= 11 is 0. The minimum Gasteiger partial charge on any atom is -0.256 e. The van der Waals surface area contributed by atoms with Crippen LogP contribution < -0.4 is 0 Å². The average molecular weight is 211 g/mol. The van der Waals surface area contributed by atoms with Crippen LogP contribution in [0.4, 0.5) is 0 Å². The summed E-state index contributed by atoms with van der Waals surface area (Å²) in [5.74, 6) is 0. The molecule has 0 spiro atoms. The topological polar surface area (TPSA) is 12.9 Å². The maximum absolute atomic E-state index is 4.49. The second kappa shape index (κ2) is 4.48. The molecule has 0 bridgehead atoms. The molecule has 0 radical (unpaired) electrons. The van der Waals surface area contributed by atoms with Crippen LogP contribution in [0, 0.1) is 13.8 Å². The lowest BCUT2D eigenvalue weighted by Gasteiger charge is -2.08. The van der Waals surface area contributed by atoms with Crippen molar-refractivity contribution in [3.8, 4) is 11.3 Å². The summed E-state index contributed by atoms with van der Waals surface area (Å²) in [4.78, 5) is 4.49. The van der Waals surface area contributed by atoms with E-state index in [1.807, 2.05) is 6.20 Å². The first kappa shape index (κ1) is 10.9. The van der Waals surface area contributed by atoms with Gasteiger partial charge in [-0.25, -0.2) is 0 Å². The van der Waals surface area contributed by atoms with Crippen LogP contribution in [0.25, 0.3) is 11.3 Å². The molecule has 0 fully saturated rings. The molecule has 2 aromatic rings. The summed E-state index contributed by atoms with van der Waals surface area (Å²) in [5.41, 5.74) is 6.22. The lowest BCUT2D eigenvalue weighted by atomic mass is 9.99. The van der Waals surface area contributed by atoms with E-state index in [2.05, 4.69) is 56.1 Å². The molecule has 1 heteroatoms. The third-order valence-corrected chi connectivity index (χ3v) is 2.83. The van der Waals surface area contributed by atoms with Crippen LogP contribution in [0.5, 0.6) is 0 Å². The fourth-order valence-electron chi connectivity index (χ4n) is 1.89. The van der Waals surface area contributed by atoms with Gasteiger partial charge in [-0.2, -0.15) is 0 Å². The highest BCUT2D eigenvalue weighted by atomic mass is 14.7. The standard InChI is InChI=1S/C15H17N/c1-4-13-9-11(2)5-7-14(13)15-8-6-12(3)10-16-15/h5-10H,4H2,1-3H3. The molecule has 16 heavy (non-hydrogen) atoms. The molecule has 82 valence electrons. The molecule has 1 nitrogen and oxygen atoms in total. The predicted octanol–water partition coefficient (Wildman–Crippen LogP) is 3.93. The number of nitrogens with zero attached hydrogens (tertiary/aromatic N) is 1. The Morgan fingerprint density at radius 2 is 1.75 bits per heavy atom. The lowest BCUT2D eigenvalue weighted by molar-refractivity contribution is 1.12. The summed E-state index contributed by atoms with van der Waals surface area (Å²) < 4.78 is 0. The maximum Gasteiger partial charge on any atom is 0.0704 e. The van der Waals surface area contributed by atoms with Crippen LogP contribution in [0.15, 0.2) is 36.5 Å². The largest absolute Gasteiger partial charge is 0.256 e. The van der Waals surface area contributed by atoms with Gasteiger partial charge in [-0.1, -0.05) is 36.8 Å². The van der Waals surface area contributed by atoms with Crippen molar-refractivity contribution in [1.82, 2.24) is 4.98 Å². The van der Waals surface area contributed by atoms with Gasteiger partial charge in [0.25, 0.3) is 0 Å². The SMILES string of the molecule is CCc1cc(C)ccc1-c1ccc(C)cn1. The Labute approximate surface area is 97.2 Å². The number of aromatic nitrogens is 1. The van der Waals surface area contributed by atoms with Gasteiger partial charge in [0.1, 0.15) is 0 Å². The summed E-state index contributed by atoms with van der Waals surface area (Å²) in [6.45, 7) is 6.38. The average Bonchev–Trinajstić information content (AvgIpc) is 2.30. The number of benzene rings is 1. The van der Waals surface area contributed by atoms with Crippen molar-refractivity contribution in [2.24, 2.45) is 0 Å². The van der Waals surface area contributed by atoms with E-state index < -0.39 is 0 Å². The molecule has 0 saturated carbocycles. The Hall–Kier alpha value is -1.63. The van der Waals surface area contributed by atoms with E-state index in [9.17, 15) is 0 Å². The van der Waals surface area contributed by atoms with E-state index in [0.717, 1.165) is 12.1 Å². The first-order valence-corrected chi connectivity index (χ1v) is 5.73. The summed E-state index contributed by atoms with van der Waals surface area (Å²) in [5, 5.41) is 0. The Morgan fingerprint density at radius 1 is 1.00 bits per heavy atom. The fourth-order valence-corrected chi connectivity index (χ4v) is 1.89. The van der Waals surface area contributed by atoms with Gasteiger partial charge in [-0.3, -0.25) is 4.98 Å². The minimum atomic E-state index is 1.05. The van der Waals surface area contributed by atoms with Crippen molar-refractivity contribution < 1.29 is 0 Å². The molecule has 0 atom stereocenters. The minimum absolute atomic E-state index is 1.05. The van der Waals surface area contributed by atoms with Gasteiger partial charge in [0, 0.05) is 11.8 Å². The predicted molar refractivity (Wildman–Crippen MR) is 68.5 cm³/mol. The smallest absolute Gasteiger partial charge is 0.0704 e. The molecule has 2 rings (SSSR count). The second-order valence-corrected chi connectivity index (χ2v) is 4.23. The quantitative estimate of drug-likeness (QED) is 0.733. The van der Waals surface area contributed by atoms with E-state index in [4.69, 9.17) is 0 Å². The van der Waals surface area contributed by atoms with Gasteiger partial charge < -0.3 is 0 Å². The molecule has 0 aliphatic heterocycles. The van der Waals surface area contributed by atoms with Crippen molar-refractivity contribution in [3.63, 3.8) is 0 Å². The Bertz CT molecular complexity index is 483. The van der Waals surface area contributed by atoms with Gasteiger partial charge in [-0.05, 0) is 37.5 Å². The molecular weight excluding hydrogens is 194 g/mol. The molecule has 1 aromatic carbocycles. The van der Waals surface area contributed by atoms with Crippen LogP contribution in [0.2, 0.25) is 0 Å². The highest BCUT2D eigenvalue weighted by Crippen LogP contribution is 2.23. The van der Waals surface area contributed by atoms with E-state index in [1.54, 1.807) is 0 Å². The third kappa shape index (κ3) is 2.13. The number of hydrogen-bond donors (Lipinski definition) is 0. The summed E-state index contributed by atoms with van der Waals surface area (Å²) in [7, 11) is 0. The Kier molecular flexibility index (Phi) is 3.04. The first-order valence-electron chi connectivity index (χ1n) is 5.73. The molecule has 1 heterocycles. The van der Waals surface area contributed by atoms with E-state index in [0.29, 0.717) is 0 Å². The van der Waals surface area contributed by atoms with Crippen LogP contribution in [-0.2, 0) is 6.42 Å². The number of aryl methyl sites for hydroxylation is 3. The normalized spacial score (nSPS) is 10.4. The van der Waals surface area contributed by atoms with Gasteiger partial charge in [0.2, 0.25) is 0 Å². The van der Waals surface area contributed by atoms with Gasteiger partial charge in [-0.15, -0.1) is 0 Å². The van der Waals surface area contributed by atoms with Crippen molar-refractivity contribution in [3.05, 3.63) is 53.2 Å². The molecule has 0 aliphatic carbocycles. The van der Waals surface area contributed by atoms with Crippen LogP contribution >= 0.6 is 0 Å². The van der Waals surface area contributed by atoms with Crippen molar-refractivity contribution >= 4 is 0 Å². The van der Waals surface area contributed by atoms with Crippen LogP contribution in [0.1, 0.15) is 23.6 Å². The first-order chi connectivity index (χ1) is 7.70. The van der Waals surface area contributed by atoms with Gasteiger partial charge in [0.15, 0.2) is 0 Å². The number of pyridine rings is 1. The maximum atomic E-state index is 4.49. The molecule has 1 aromatic heterocycles. The Morgan fingerprint density at radius 3 is 2.38 bits per heavy atom. The van der Waals surface area contributed by atoms with Crippen molar-refractivity contribution in [2.45, 2.75) is 27.2 Å². The Balaban J connectivity index is 2.51. The number of hydrogen-bond acceptors (Lipinski definition) is 1. The molecule has 0 aliphatic rings. The van der Waals surface area contributed by atoms with Crippen LogP contribution in [0.3, 0.4) is 0 Å². The third-order valence-electron chi connectivity index (χ3n) is 2.83. The molecule has 0 N–H and O–H groups in total. The fraction of sp³-hybridized carbons (Fsp3) is 0.267. The second-order valence-electron chi connectivity index (χ2n) is 4.23.